The molecule has 0 unspecified atom stereocenters. The Morgan fingerprint density at radius 1 is 1.10 bits per heavy atom. The van der Waals surface area contributed by atoms with Gasteiger partial charge in [-0.2, -0.15) is 0 Å². The maximum Gasteiger partial charge on any atom is 0.273 e. The highest BCUT2D eigenvalue weighted by molar-refractivity contribution is 7.98. The van der Waals surface area contributed by atoms with Crippen molar-refractivity contribution in [1.82, 2.24) is 9.97 Å². The Morgan fingerprint density at radius 3 is 2.59 bits per heavy atom. The second-order valence-electron chi connectivity index (χ2n) is 6.08. The Bertz CT molecular complexity index is 1080. The molecule has 0 radical (unpaired) electrons. The third kappa shape index (κ3) is 5.14. The molecule has 9 heteroatoms. The van der Waals surface area contributed by atoms with Crippen LogP contribution in [0.15, 0.2) is 58.5 Å². The highest BCUT2D eigenvalue weighted by Gasteiger charge is 2.13. The van der Waals surface area contributed by atoms with Gasteiger partial charge < -0.3 is 14.5 Å². The largest absolute Gasteiger partial charge is 0.493 e. The zero-order chi connectivity index (χ0) is 20.8. The zero-order valence-corrected chi connectivity index (χ0v) is 16.7. The number of rotatable bonds is 8. The monoisotopic (exact) mass is 413 g/mol. The van der Waals surface area contributed by atoms with Gasteiger partial charge in [-0.05, 0) is 17.7 Å². The predicted octanol–water partition coefficient (Wildman–Crippen LogP) is 3.58. The predicted molar refractivity (Wildman–Crippen MR) is 110 cm³/mol. The van der Waals surface area contributed by atoms with Crippen molar-refractivity contribution in [2.24, 2.45) is 0 Å². The SMILES string of the molecule is COc1ccc(Cc2cc(=O)[nH]c(SCc3ccccc3[N+](=O)[O-])n2)cc1OC. The van der Waals surface area contributed by atoms with E-state index in [-0.39, 0.29) is 11.2 Å². The molecule has 8 nitrogen and oxygen atoms in total. The minimum atomic E-state index is -0.417. The quantitative estimate of drug-likeness (QED) is 0.260. The molecule has 0 saturated heterocycles. The number of aromatic amines is 1. The van der Waals surface area contributed by atoms with Crippen LogP contribution in [-0.2, 0) is 12.2 Å². The normalized spacial score (nSPS) is 10.6. The van der Waals surface area contributed by atoms with Crippen LogP contribution in [0, 0.1) is 10.1 Å². The summed E-state index contributed by atoms with van der Waals surface area (Å²) in [4.78, 5) is 29.9. The van der Waals surface area contributed by atoms with Gasteiger partial charge in [0.1, 0.15) is 0 Å². The fourth-order valence-corrected chi connectivity index (χ4v) is 3.69. The fourth-order valence-electron chi connectivity index (χ4n) is 2.80. The summed E-state index contributed by atoms with van der Waals surface area (Å²) in [5.41, 5.74) is 1.83. The summed E-state index contributed by atoms with van der Waals surface area (Å²) in [6.07, 6.45) is 0.434. The van der Waals surface area contributed by atoms with Crippen LogP contribution in [0.4, 0.5) is 5.69 Å². The summed E-state index contributed by atoms with van der Waals surface area (Å²) in [6.45, 7) is 0. The number of nitrogens with zero attached hydrogens (tertiary/aromatic N) is 2. The first-order valence-corrected chi connectivity index (χ1v) is 9.65. The van der Waals surface area contributed by atoms with Crippen molar-refractivity contribution in [3.8, 4) is 11.5 Å². The fraction of sp³-hybridized carbons (Fsp3) is 0.200. The van der Waals surface area contributed by atoms with Crippen LogP contribution in [-0.4, -0.2) is 29.1 Å². The van der Waals surface area contributed by atoms with Gasteiger partial charge in [-0.3, -0.25) is 14.9 Å². The Hall–Kier alpha value is -3.33. The van der Waals surface area contributed by atoms with Gasteiger partial charge in [0, 0.05) is 29.9 Å². The van der Waals surface area contributed by atoms with Crippen LogP contribution >= 0.6 is 11.8 Å². The molecule has 0 aliphatic rings. The number of hydrogen-bond donors (Lipinski definition) is 1. The smallest absolute Gasteiger partial charge is 0.273 e. The molecule has 150 valence electrons. The third-order valence-electron chi connectivity index (χ3n) is 4.16. The standard InChI is InChI=1S/C20H19N3O5S/c1-27-17-8-7-13(10-18(17)28-2)9-15-11-19(24)22-20(21-15)29-12-14-5-3-4-6-16(14)23(25)26/h3-8,10-11H,9,12H2,1-2H3,(H,21,22,24). The van der Waals surface area contributed by atoms with Gasteiger partial charge in [-0.25, -0.2) is 4.98 Å². The molecule has 0 saturated carbocycles. The number of nitro groups is 1. The van der Waals surface area contributed by atoms with Gasteiger partial charge in [0.2, 0.25) is 0 Å². The van der Waals surface area contributed by atoms with E-state index in [1.807, 2.05) is 12.1 Å². The summed E-state index contributed by atoms with van der Waals surface area (Å²) in [5.74, 6) is 1.54. The summed E-state index contributed by atoms with van der Waals surface area (Å²) >= 11 is 1.24. The van der Waals surface area contributed by atoms with E-state index in [9.17, 15) is 14.9 Å². The lowest BCUT2D eigenvalue weighted by Gasteiger charge is -2.10. The molecule has 1 N–H and O–H groups in total. The summed E-state index contributed by atoms with van der Waals surface area (Å²) in [6, 6.07) is 13.5. The molecule has 3 aromatic rings. The Morgan fingerprint density at radius 2 is 1.86 bits per heavy atom. The van der Waals surface area contributed by atoms with Crippen LogP contribution < -0.4 is 15.0 Å². The minimum absolute atomic E-state index is 0.0452. The van der Waals surface area contributed by atoms with Gasteiger partial charge in [0.05, 0.1) is 24.8 Å². The molecule has 1 heterocycles. The lowest BCUT2D eigenvalue weighted by molar-refractivity contribution is -0.385. The number of hydrogen-bond acceptors (Lipinski definition) is 7. The lowest BCUT2D eigenvalue weighted by atomic mass is 10.1. The number of aromatic nitrogens is 2. The van der Waals surface area contributed by atoms with Crippen molar-refractivity contribution in [3.05, 3.63) is 85.8 Å². The van der Waals surface area contributed by atoms with E-state index in [1.165, 1.54) is 23.9 Å². The summed E-state index contributed by atoms with van der Waals surface area (Å²) < 4.78 is 10.5. The van der Waals surface area contributed by atoms with E-state index in [2.05, 4.69) is 9.97 Å². The van der Waals surface area contributed by atoms with Crippen molar-refractivity contribution >= 4 is 17.4 Å². The average molecular weight is 413 g/mol. The molecule has 29 heavy (non-hydrogen) atoms. The summed E-state index contributed by atoms with van der Waals surface area (Å²) in [7, 11) is 3.13. The molecule has 0 atom stereocenters. The first kappa shape index (κ1) is 20.4. The zero-order valence-electron chi connectivity index (χ0n) is 15.9. The highest BCUT2D eigenvalue weighted by Crippen LogP contribution is 2.29. The number of nitro benzene ring substituents is 1. The first-order valence-electron chi connectivity index (χ1n) is 8.66. The maximum atomic E-state index is 12.0. The number of H-pyrrole nitrogens is 1. The molecule has 0 aliphatic heterocycles. The molecular formula is C20H19N3O5S. The Kier molecular flexibility index (Phi) is 6.50. The van der Waals surface area contributed by atoms with E-state index >= 15 is 0 Å². The number of ether oxygens (including phenoxy) is 2. The van der Waals surface area contributed by atoms with Crippen molar-refractivity contribution in [2.45, 2.75) is 17.3 Å². The Balaban J connectivity index is 1.79. The van der Waals surface area contributed by atoms with Crippen LogP contribution in [0.3, 0.4) is 0 Å². The Labute approximate surface area is 171 Å². The van der Waals surface area contributed by atoms with E-state index in [1.54, 1.807) is 38.5 Å². The maximum absolute atomic E-state index is 12.0. The van der Waals surface area contributed by atoms with Crippen LogP contribution in [0.25, 0.3) is 0 Å². The number of para-hydroxylation sites is 1. The van der Waals surface area contributed by atoms with Gasteiger partial charge in [-0.1, -0.05) is 36.0 Å². The van der Waals surface area contributed by atoms with Gasteiger partial charge in [-0.15, -0.1) is 0 Å². The van der Waals surface area contributed by atoms with Crippen molar-refractivity contribution in [2.75, 3.05) is 14.2 Å². The number of benzene rings is 2. The van der Waals surface area contributed by atoms with Crippen molar-refractivity contribution < 1.29 is 14.4 Å². The van der Waals surface area contributed by atoms with Crippen LogP contribution in [0.1, 0.15) is 16.8 Å². The molecule has 3 rings (SSSR count). The topological polar surface area (TPSA) is 107 Å². The van der Waals surface area contributed by atoms with Crippen LogP contribution in [0.2, 0.25) is 0 Å². The van der Waals surface area contributed by atoms with Gasteiger partial charge >= 0.3 is 0 Å². The third-order valence-corrected chi connectivity index (χ3v) is 5.08. The van der Waals surface area contributed by atoms with Crippen molar-refractivity contribution in [3.63, 3.8) is 0 Å². The first-order chi connectivity index (χ1) is 14.0. The molecule has 2 aromatic carbocycles. The number of nitrogens with one attached hydrogen (secondary N) is 1. The number of thioether (sulfide) groups is 1. The molecule has 0 aliphatic carbocycles. The summed E-state index contributed by atoms with van der Waals surface area (Å²) in [5, 5.41) is 11.6. The average Bonchev–Trinajstić information content (AvgIpc) is 2.72. The molecule has 0 spiro atoms. The molecule has 1 aromatic heterocycles. The van der Waals surface area contributed by atoms with Crippen LogP contribution in [0.5, 0.6) is 11.5 Å². The van der Waals surface area contributed by atoms with E-state index in [0.29, 0.717) is 40.1 Å². The molecular weight excluding hydrogens is 394 g/mol. The van der Waals surface area contributed by atoms with Gasteiger partial charge in [0.15, 0.2) is 16.7 Å². The molecule has 0 amide bonds. The second-order valence-corrected chi connectivity index (χ2v) is 7.05. The molecule has 0 fully saturated rings. The second kappa shape index (κ2) is 9.24. The highest BCUT2D eigenvalue weighted by atomic mass is 32.2. The molecule has 0 bridgehead atoms. The lowest BCUT2D eigenvalue weighted by Crippen LogP contribution is -2.10. The van der Waals surface area contributed by atoms with Crippen molar-refractivity contribution in [1.29, 1.82) is 0 Å². The minimum Gasteiger partial charge on any atom is -0.493 e. The number of methoxy groups -OCH3 is 2. The van der Waals surface area contributed by atoms with E-state index in [4.69, 9.17) is 9.47 Å². The van der Waals surface area contributed by atoms with E-state index < -0.39 is 4.92 Å². The van der Waals surface area contributed by atoms with Gasteiger partial charge in [0.25, 0.3) is 11.2 Å². The van der Waals surface area contributed by atoms with E-state index in [0.717, 1.165) is 5.56 Å².